The molecular formula is C36H31N2OP. The highest BCUT2D eigenvalue weighted by molar-refractivity contribution is 7.96. The van der Waals surface area contributed by atoms with Crippen LogP contribution in [0.3, 0.4) is 0 Å². The topological polar surface area (TPSA) is 41.8 Å². The maximum Gasteiger partial charge on any atom is 0.213 e. The second kappa shape index (κ2) is 12.5. The smallest absolute Gasteiger partial charge is 0.213 e. The molecule has 0 aromatic heterocycles. The number of carbonyl (C=O) groups excluding carboxylic acids is 1. The molecule has 0 atom stereocenters. The van der Waals surface area contributed by atoms with Crippen molar-refractivity contribution in [2.75, 3.05) is 0 Å². The first-order valence-electron chi connectivity index (χ1n) is 13.3. The van der Waals surface area contributed by atoms with Crippen LogP contribution in [-0.2, 0) is 0 Å². The number of nitrogens with zero attached hydrogens (tertiary/aromatic N) is 2. The molecule has 0 aliphatic heterocycles. The highest BCUT2D eigenvalue weighted by atomic mass is 31.2. The molecule has 0 bridgehead atoms. The lowest BCUT2D eigenvalue weighted by atomic mass is 10.0. The molecule has 0 N–H and O–H groups in total. The fourth-order valence-corrected chi connectivity index (χ4v) is 9.42. The van der Waals surface area contributed by atoms with E-state index in [-0.39, 0.29) is 5.78 Å². The molecule has 196 valence electrons. The summed E-state index contributed by atoms with van der Waals surface area (Å²) in [4.78, 5) is 13.6. The molecule has 0 amide bonds. The molecule has 0 aliphatic rings. The molecule has 5 aromatic rings. The van der Waals surface area contributed by atoms with E-state index in [2.05, 4.69) is 103 Å². The average Bonchev–Trinajstić information content (AvgIpc) is 3.04. The average molecular weight is 539 g/mol. The van der Waals surface area contributed by atoms with Gasteiger partial charge in [0.05, 0.1) is 5.71 Å². The summed E-state index contributed by atoms with van der Waals surface area (Å²) in [6.45, 7) is 1.88. The minimum atomic E-state index is -2.28. The zero-order valence-electron chi connectivity index (χ0n) is 22.7. The maximum atomic E-state index is 13.6. The summed E-state index contributed by atoms with van der Waals surface area (Å²) in [6, 6.07) is 50.8. The summed E-state index contributed by atoms with van der Waals surface area (Å²) in [5, 5.41) is 14.3. The van der Waals surface area contributed by atoms with Crippen LogP contribution in [0.2, 0.25) is 0 Å². The van der Waals surface area contributed by atoms with Crippen molar-refractivity contribution in [3.05, 3.63) is 163 Å². The third kappa shape index (κ3) is 5.43. The Morgan fingerprint density at radius 3 is 1.23 bits per heavy atom. The SMILES string of the molecule is CC(=NN=C(C(=O)c1ccccc1)c1ccccc1)C(C)=P(c1ccccc1)(c1ccccc1)c1ccccc1. The zero-order valence-corrected chi connectivity index (χ0v) is 23.6. The van der Waals surface area contributed by atoms with Crippen molar-refractivity contribution in [3.8, 4) is 0 Å². The molecule has 5 aromatic carbocycles. The summed E-state index contributed by atoms with van der Waals surface area (Å²) in [7, 11) is 0. The van der Waals surface area contributed by atoms with Gasteiger partial charge in [-0.3, -0.25) is 4.79 Å². The van der Waals surface area contributed by atoms with Gasteiger partial charge in [0.1, 0.15) is 5.71 Å². The fraction of sp³-hybridized carbons (Fsp3) is 0.0556. The highest BCUT2D eigenvalue weighted by Gasteiger charge is 2.29. The Bertz CT molecular complexity index is 1590. The molecule has 0 saturated heterocycles. The number of hydrogen-bond donors (Lipinski definition) is 0. The quantitative estimate of drug-likeness (QED) is 0.0915. The third-order valence-corrected chi connectivity index (χ3v) is 11.6. The van der Waals surface area contributed by atoms with Gasteiger partial charge < -0.3 is 0 Å². The van der Waals surface area contributed by atoms with Gasteiger partial charge in [-0.15, -0.1) is 5.10 Å². The fourth-order valence-electron chi connectivity index (χ4n) is 4.98. The predicted octanol–water partition coefficient (Wildman–Crippen LogP) is 6.92. The molecule has 3 nitrogen and oxygen atoms in total. The van der Waals surface area contributed by atoms with Gasteiger partial charge in [-0.2, -0.15) is 5.10 Å². The van der Waals surface area contributed by atoms with E-state index < -0.39 is 6.89 Å². The normalized spacial score (nSPS) is 12.2. The summed E-state index contributed by atoms with van der Waals surface area (Å²) >= 11 is 0. The largest absolute Gasteiger partial charge is 0.287 e. The number of ketones is 1. The van der Waals surface area contributed by atoms with E-state index in [1.165, 1.54) is 15.9 Å². The van der Waals surface area contributed by atoms with Gasteiger partial charge in [0.15, 0.2) is 0 Å². The molecule has 0 radical (unpaired) electrons. The number of rotatable bonds is 8. The van der Waals surface area contributed by atoms with Crippen molar-refractivity contribution < 1.29 is 4.79 Å². The van der Waals surface area contributed by atoms with E-state index in [0.29, 0.717) is 11.3 Å². The molecule has 0 aliphatic carbocycles. The number of carbonyl (C=O) groups is 1. The van der Waals surface area contributed by atoms with E-state index in [1.54, 1.807) is 0 Å². The Hall–Kier alpha value is -4.59. The predicted molar refractivity (Wildman–Crippen MR) is 173 cm³/mol. The lowest BCUT2D eigenvalue weighted by molar-refractivity contribution is 0.106. The first kappa shape index (κ1) is 27.0. The molecule has 40 heavy (non-hydrogen) atoms. The van der Waals surface area contributed by atoms with Gasteiger partial charge >= 0.3 is 0 Å². The van der Waals surface area contributed by atoms with Crippen molar-refractivity contribution in [1.29, 1.82) is 0 Å². The number of Topliss-reactive ketones (excluding diaryl/α,β-unsaturated/α-hetero) is 1. The van der Waals surface area contributed by atoms with Gasteiger partial charge in [-0.25, -0.2) is 0 Å². The van der Waals surface area contributed by atoms with Crippen LogP contribution in [0.1, 0.15) is 29.8 Å². The summed E-state index contributed by atoms with van der Waals surface area (Å²) < 4.78 is 0. The van der Waals surface area contributed by atoms with E-state index >= 15 is 0 Å². The standard InChI is InChI=1S/C36H31N2OP/c1-28(37-38-35(30-18-8-3-9-19-30)36(39)31-20-10-4-11-21-31)29(2)40(32-22-12-5-13-23-32,33-24-14-6-15-25-33)34-26-16-7-17-27-34/h3-27H,1-2H3. The maximum absolute atomic E-state index is 13.6. The second-order valence-corrected chi connectivity index (χ2v) is 13.0. The van der Waals surface area contributed by atoms with Crippen LogP contribution < -0.4 is 15.9 Å². The zero-order chi connectivity index (χ0) is 27.8. The van der Waals surface area contributed by atoms with Crippen LogP contribution in [-0.4, -0.2) is 22.5 Å². The third-order valence-electron chi connectivity index (χ3n) is 7.06. The Morgan fingerprint density at radius 2 is 0.825 bits per heavy atom. The number of benzene rings is 5. The molecule has 0 unspecified atom stereocenters. The van der Waals surface area contributed by atoms with Crippen LogP contribution in [0.4, 0.5) is 0 Å². The lowest BCUT2D eigenvalue weighted by Crippen LogP contribution is -2.31. The van der Waals surface area contributed by atoms with E-state index in [0.717, 1.165) is 16.6 Å². The molecule has 0 fully saturated rings. The minimum Gasteiger partial charge on any atom is -0.287 e. The van der Waals surface area contributed by atoms with Gasteiger partial charge in [0, 0.05) is 11.1 Å². The summed E-state index contributed by atoms with van der Waals surface area (Å²) in [5.41, 5.74) is 2.43. The van der Waals surface area contributed by atoms with Gasteiger partial charge in [0.25, 0.3) is 0 Å². The van der Waals surface area contributed by atoms with E-state index in [1.807, 2.05) is 67.6 Å². The first-order valence-corrected chi connectivity index (χ1v) is 15.1. The van der Waals surface area contributed by atoms with Crippen molar-refractivity contribution >= 4 is 45.3 Å². The van der Waals surface area contributed by atoms with Crippen molar-refractivity contribution in [2.45, 2.75) is 13.8 Å². The van der Waals surface area contributed by atoms with E-state index in [4.69, 9.17) is 5.10 Å². The molecule has 4 heteroatoms. The van der Waals surface area contributed by atoms with Crippen LogP contribution in [0.15, 0.2) is 162 Å². The van der Waals surface area contributed by atoms with Crippen LogP contribution in [0.5, 0.6) is 0 Å². The van der Waals surface area contributed by atoms with Crippen molar-refractivity contribution in [2.24, 2.45) is 10.2 Å². The molecule has 0 saturated carbocycles. The van der Waals surface area contributed by atoms with Crippen molar-refractivity contribution in [1.82, 2.24) is 0 Å². The van der Waals surface area contributed by atoms with Crippen LogP contribution >= 0.6 is 6.89 Å². The molecule has 5 rings (SSSR count). The van der Waals surface area contributed by atoms with E-state index in [9.17, 15) is 4.79 Å². The van der Waals surface area contributed by atoms with Gasteiger partial charge in [-0.1, -0.05) is 152 Å². The lowest BCUT2D eigenvalue weighted by Gasteiger charge is -2.31. The number of hydrogen-bond acceptors (Lipinski definition) is 3. The van der Waals surface area contributed by atoms with Crippen LogP contribution in [0.25, 0.3) is 0 Å². The molecule has 0 spiro atoms. The summed E-state index contributed by atoms with van der Waals surface area (Å²) in [6.07, 6.45) is 0. The molecular weight excluding hydrogens is 507 g/mol. The van der Waals surface area contributed by atoms with Crippen LogP contribution in [0, 0.1) is 0 Å². The highest BCUT2D eigenvalue weighted by Crippen LogP contribution is 2.46. The minimum absolute atomic E-state index is 0.156. The monoisotopic (exact) mass is 538 g/mol. The Labute approximate surface area is 236 Å². The van der Waals surface area contributed by atoms with Crippen molar-refractivity contribution in [3.63, 3.8) is 0 Å². The summed E-state index contributed by atoms with van der Waals surface area (Å²) in [5.74, 6) is -0.156. The Kier molecular flexibility index (Phi) is 8.44. The van der Waals surface area contributed by atoms with Gasteiger partial charge in [0.2, 0.25) is 5.78 Å². The second-order valence-electron chi connectivity index (χ2n) is 9.46. The first-order chi connectivity index (χ1) is 19.6. The van der Waals surface area contributed by atoms with Gasteiger partial charge in [-0.05, 0) is 41.9 Å². The Balaban J connectivity index is 1.78. The Morgan fingerprint density at radius 1 is 0.475 bits per heavy atom. The molecule has 0 heterocycles.